The Hall–Kier alpha value is -0.310. The van der Waals surface area contributed by atoms with Gasteiger partial charge in [-0.25, -0.2) is 0 Å². The Morgan fingerprint density at radius 2 is 2.14 bits per heavy atom. The molecular formula is C7H8F3IN2O. The van der Waals surface area contributed by atoms with Gasteiger partial charge in [0.15, 0.2) is 5.60 Å². The summed E-state index contributed by atoms with van der Waals surface area (Å²) in [6.45, 7) is 0.126. The van der Waals surface area contributed by atoms with Crippen molar-refractivity contribution in [2.75, 3.05) is 0 Å². The van der Waals surface area contributed by atoms with E-state index < -0.39 is 18.3 Å². The zero-order valence-corrected chi connectivity index (χ0v) is 9.37. The summed E-state index contributed by atoms with van der Waals surface area (Å²) < 4.78 is 38.5. The molecule has 7 heteroatoms. The maximum absolute atomic E-state index is 12.2. The van der Waals surface area contributed by atoms with Gasteiger partial charge in [0.1, 0.15) is 0 Å². The van der Waals surface area contributed by atoms with Crippen molar-refractivity contribution in [1.82, 2.24) is 9.78 Å². The van der Waals surface area contributed by atoms with E-state index in [9.17, 15) is 13.2 Å². The predicted molar refractivity (Wildman–Crippen MR) is 51.6 cm³/mol. The Balaban J connectivity index is 2.78. The molecule has 1 atom stereocenters. The first kappa shape index (κ1) is 11.8. The first-order valence-corrected chi connectivity index (χ1v) is 4.77. The Bertz CT molecular complexity index is 321. The van der Waals surface area contributed by atoms with Crippen LogP contribution in [0.4, 0.5) is 13.2 Å². The normalized spacial score (nSPS) is 16.7. The topological polar surface area (TPSA) is 38.0 Å². The Morgan fingerprint density at radius 1 is 1.57 bits per heavy atom. The van der Waals surface area contributed by atoms with E-state index >= 15 is 0 Å². The zero-order chi connectivity index (χ0) is 11.0. The minimum absolute atomic E-state index is 0.598. The molecule has 0 aliphatic heterocycles. The summed E-state index contributed by atoms with van der Waals surface area (Å²) in [6.07, 6.45) is -1.79. The molecule has 0 aromatic carbocycles. The lowest BCUT2D eigenvalue weighted by Gasteiger charge is -2.25. The van der Waals surface area contributed by atoms with Gasteiger partial charge in [0.25, 0.3) is 0 Å². The van der Waals surface area contributed by atoms with Gasteiger partial charge in [-0.3, -0.25) is 4.68 Å². The average Bonchev–Trinajstić information content (AvgIpc) is 2.31. The smallest absolute Gasteiger partial charge is 0.379 e. The second-order valence-corrected chi connectivity index (χ2v) is 4.37. The van der Waals surface area contributed by atoms with Gasteiger partial charge in [-0.15, -0.1) is 0 Å². The molecule has 3 nitrogen and oxygen atoms in total. The quantitative estimate of drug-likeness (QED) is 0.844. The molecule has 1 aromatic heterocycles. The molecule has 0 aliphatic carbocycles. The van der Waals surface area contributed by atoms with Gasteiger partial charge in [0.2, 0.25) is 0 Å². The van der Waals surface area contributed by atoms with Crippen molar-refractivity contribution in [2.45, 2.75) is 25.2 Å². The predicted octanol–water partition coefficient (Wildman–Crippen LogP) is 1.80. The molecule has 0 fully saturated rings. The van der Waals surface area contributed by atoms with E-state index in [2.05, 4.69) is 5.10 Å². The third-order valence-electron chi connectivity index (χ3n) is 1.68. The molecule has 14 heavy (non-hydrogen) atoms. The van der Waals surface area contributed by atoms with Crippen LogP contribution < -0.4 is 0 Å². The molecule has 80 valence electrons. The number of alkyl halides is 3. The van der Waals surface area contributed by atoms with Crippen LogP contribution in [0, 0.1) is 3.57 Å². The van der Waals surface area contributed by atoms with Crippen molar-refractivity contribution in [3.05, 3.63) is 16.0 Å². The van der Waals surface area contributed by atoms with Crippen LogP contribution in [0.15, 0.2) is 12.4 Å². The van der Waals surface area contributed by atoms with E-state index in [1.165, 1.54) is 12.4 Å². The Kier molecular flexibility index (Phi) is 3.10. The van der Waals surface area contributed by atoms with E-state index in [0.717, 1.165) is 15.2 Å². The molecule has 1 N–H and O–H groups in total. The molecule has 0 bridgehead atoms. The highest BCUT2D eigenvalue weighted by atomic mass is 127. The Morgan fingerprint density at radius 3 is 2.50 bits per heavy atom. The molecule has 1 rings (SSSR count). The number of aromatic nitrogens is 2. The number of nitrogens with zero attached hydrogens (tertiary/aromatic N) is 2. The zero-order valence-electron chi connectivity index (χ0n) is 7.22. The van der Waals surface area contributed by atoms with Crippen molar-refractivity contribution in [1.29, 1.82) is 0 Å². The van der Waals surface area contributed by atoms with Crippen LogP contribution in [-0.4, -0.2) is 26.7 Å². The van der Waals surface area contributed by atoms with E-state index in [-0.39, 0.29) is 0 Å². The number of hydrogen-bond donors (Lipinski definition) is 1. The molecular weight excluding hydrogens is 312 g/mol. The SMILES string of the molecule is CC(O)(Cn1cc(I)cn1)C(F)(F)F. The second-order valence-electron chi connectivity index (χ2n) is 3.13. The van der Waals surface area contributed by atoms with Crippen LogP contribution in [0.5, 0.6) is 0 Å². The lowest BCUT2D eigenvalue weighted by Crippen LogP contribution is -2.45. The van der Waals surface area contributed by atoms with Crippen molar-refractivity contribution >= 4 is 22.6 Å². The van der Waals surface area contributed by atoms with E-state index in [4.69, 9.17) is 5.11 Å². The van der Waals surface area contributed by atoms with Gasteiger partial charge in [-0.2, -0.15) is 18.3 Å². The summed E-state index contributed by atoms with van der Waals surface area (Å²) in [7, 11) is 0. The van der Waals surface area contributed by atoms with Crippen LogP contribution in [0.2, 0.25) is 0 Å². The molecule has 0 saturated carbocycles. The van der Waals surface area contributed by atoms with E-state index in [0.29, 0.717) is 0 Å². The van der Waals surface area contributed by atoms with Crippen molar-refractivity contribution < 1.29 is 18.3 Å². The summed E-state index contributed by atoms with van der Waals surface area (Å²) in [6, 6.07) is 0. The van der Waals surface area contributed by atoms with Gasteiger partial charge < -0.3 is 5.11 Å². The van der Waals surface area contributed by atoms with Crippen LogP contribution in [0.1, 0.15) is 6.92 Å². The molecule has 0 aliphatic rings. The summed E-state index contributed by atoms with van der Waals surface area (Å²) in [5.74, 6) is 0. The van der Waals surface area contributed by atoms with Gasteiger partial charge in [-0.05, 0) is 29.5 Å². The summed E-state index contributed by atoms with van der Waals surface area (Å²) in [5, 5.41) is 12.8. The van der Waals surface area contributed by atoms with Crippen LogP contribution in [0.25, 0.3) is 0 Å². The third-order valence-corrected chi connectivity index (χ3v) is 2.24. The first-order chi connectivity index (χ1) is 6.22. The molecule has 0 amide bonds. The highest BCUT2D eigenvalue weighted by Gasteiger charge is 2.50. The van der Waals surface area contributed by atoms with Crippen molar-refractivity contribution in [3.63, 3.8) is 0 Å². The van der Waals surface area contributed by atoms with E-state index in [1.807, 2.05) is 22.6 Å². The first-order valence-electron chi connectivity index (χ1n) is 3.69. The Labute approximate surface area is 92.1 Å². The molecule has 1 heterocycles. The molecule has 0 spiro atoms. The largest absolute Gasteiger partial charge is 0.418 e. The van der Waals surface area contributed by atoms with Crippen LogP contribution >= 0.6 is 22.6 Å². The van der Waals surface area contributed by atoms with Gasteiger partial charge in [-0.1, -0.05) is 0 Å². The standard InChI is InChI=1S/C7H8F3IN2O/c1-6(14,7(8,9)10)4-13-3-5(11)2-12-13/h2-3,14H,4H2,1H3. The van der Waals surface area contributed by atoms with Gasteiger partial charge in [0.05, 0.1) is 16.3 Å². The maximum atomic E-state index is 12.2. The number of hydrogen-bond acceptors (Lipinski definition) is 2. The second kappa shape index (κ2) is 3.69. The fraction of sp³-hybridized carbons (Fsp3) is 0.571. The lowest BCUT2D eigenvalue weighted by molar-refractivity contribution is -0.258. The maximum Gasteiger partial charge on any atom is 0.418 e. The van der Waals surface area contributed by atoms with Gasteiger partial charge >= 0.3 is 6.18 Å². The third kappa shape index (κ3) is 2.59. The number of rotatable bonds is 2. The van der Waals surface area contributed by atoms with Gasteiger partial charge in [0, 0.05) is 6.20 Å². The summed E-state index contributed by atoms with van der Waals surface area (Å²) >= 11 is 1.93. The van der Waals surface area contributed by atoms with Crippen LogP contribution in [-0.2, 0) is 6.54 Å². The number of halogens is 4. The van der Waals surface area contributed by atoms with E-state index in [1.54, 1.807) is 0 Å². The number of aliphatic hydroxyl groups is 1. The highest BCUT2D eigenvalue weighted by Crippen LogP contribution is 2.31. The monoisotopic (exact) mass is 320 g/mol. The highest BCUT2D eigenvalue weighted by molar-refractivity contribution is 14.1. The lowest BCUT2D eigenvalue weighted by atomic mass is 10.1. The minimum atomic E-state index is -4.65. The molecule has 0 saturated heterocycles. The summed E-state index contributed by atoms with van der Waals surface area (Å²) in [4.78, 5) is 0. The van der Waals surface area contributed by atoms with Crippen molar-refractivity contribution in [2.24, 2.45) is 0 Å². The average molecular weight is 320 g/mol. The van der Waals surface area contributed by atoms with Crippen LogP contribution in [0.3, 0.4) is 0 Å². The molecule has 0 radical (unpaired) electrons. The van der Waals surface area contributed by atoms with Crippen molar-refractivity contribution in [3.8, 4) is 0 Å². The minimum Gasteiger partial charge on any atom is -0.379 e. The fourth-order valence-corrected chi connectivity index (χ4v) is 1.28. The summed E-state index contributed by atoms with van der Waals surface area (Å²) in [5.41, 5.74) is -2.75. The molecule has 1 unspecified atom stereocenters. The fourth-order valence-electron chi connectivity index (χ4n) is 0.830. The molecule has 1 aromatic rings.